The van der Waals surface area contributed by atoms with Gasteiger partial charge >= 0.3 is 12.6 Å². The number of nitrogens with one attached hydrogen (secondary N) is 1. The topological polar surface area (TPSA) is 73.9 Å². The Morgan fingerprint density at radius 2 is 2.04 bits per heavy atom. The molecule has 0 spiro atoms. The van der Waals surface area contributed by atoms with E-state index in [1.807, 2.05) is 17.5 Å². The molecule has 0 fully saturated rings. The molecular weight excluding hydrogens is 392 g/mol. The number of carbonyl (C=O) groups excluding carboxylic acids is 2. The van der Waals surface area contributed by atoms with Crippen LogP contribution in [0.15, 0.2) is 41.8 Å². The minimum atomic E-state index is -2.97. The molecule has 1 heterocycles. The Morgan fingerprint density at radius 1 is 1.25 bits per heavy atom. The molecule has 1 unspecified atom stereocenters. The van der Waals surface area contributed by atoms with Crippen molar-refractivity contribution in [2.75, 3.05) is 7.11 Å². The fraction of sp³-hybridized carbons (Fsp3) is 0.263. The van der Waals surface area contributed by atoms with Gasteiger partial charge in [0, 0.05) is 11.0 Å². The second-order valence-corrected chi connectivity index (χ2v) is 6.53. The third-order valence-corrected chi connectivity index (χ3v) is 4.37. The summed E-state index contributed by atoms with van der Waals surface area (Å²) in [5.74, 6) is -1.15. The lowest BCUT2D eigenvalue weighted by molar-refractivity contribution is -0.150. The molecule has 2 aromatic rings. The number of carbonyl (C=O) groups is 2. The molecule has 1 aromatic heterocycles. The summed E-state index contributed by atoms with van der Waals surface area (Å²) in [7, 11) is 1.31. The van der Waals surface area contributed by atoms with Gasteiger partial charge in [0.2, 0.25) is 0 Å². The van der Waals surface area contributed by atoms with E-state index in [0.717, 1.165) is 11.0 Å². The maximum atomic E-state index is 12.3. The summed E-state index contributed by atoms with van der Waals surface area (Å²) in [6.45, 7) is -1.14. The molecule has 0 radical (unpaired) electrons. The molecule has 1 amide bonds. The summed E-state index contributed by atoms with van der Waals surface area (Å²) in [6.07, 6.45) is 1.58. The van der Waals surface area contributed by atoms with Crippen molar-refractivity contribution in [3.8, 4) is 11.5 Å². The number of hydrogen-bond donors (Lipinski definition) is 1. The molecule has 1 atom stereocenters. The van der Waals surface area contributed by atoms with E-state index in [1.165, 1.54) is 49.6 Å². The van der Waals surface area contributed by atoms with Crippen LogP contribution in [0, 0.1) is 0 Å². The van der Waals surface area contributed by atoms with Crippen molar-refractivity contribution in [2.24, 2.45) is 0 Å². The first-order valence-electron chi connectivity index (χ1n) is 8.20. The molecule has 0 bridgehead atoms. The van der Waals surface area contributed by atoms with Crippen molar-refractivity contribution in [1.29, 1.82) is 0 Å². The van der Waals surface area contributed by atoms with Gasteiger partial charge in [-0.1, -0.05) is 12.1 Å². The van der Waals surface area contributed by atoms with E-state index >= 15 is 0 Å². The largest absolute Gasteiger partial charge is 0.493 e. The minimum absolute atomic E-state index is 0.0946. The molecule has 1 N–H and O–H groups in total. The van der Waals surface area contributed by atoms with Gasteiger partial charge in [-0.25, -0.2) is 4.79 Å². The predicted molar refractivity (Wildman–Crippen MR) is 100 cm³/mol. The second kappa shape index (κ2) is 10.4. The highest BCUT2D eigenvalue weighted by molar-refractivity contribution is 7.09. The molecule has 0 aliphatic rings. The van der Waals surface area contributed by atoms with E-state index in [4.69, 9.17) is 9.47 Å². The molecule has 28 heavy (non-hydrogen) atoms. The van der Waals surface area contributed by atoms with Gasteiger partial charge in [0.05, 0.1) is 13.7 Å². The summed E-state index contributed by atoms with van der Waals surface area (Å²) >= 11 is 1.51. The molecule has 1 aromatic carbocycles. The number of benzene rings is 1. The molecule has 6 nitrogen and oxygen atoms in total. The van der Waals surface area contributed by atoms with Gasteiger partial charge in [0.1, 0.15) is 0 Å². The highest BCUT2D eigenvalue weighted by Gasteiger charge is 2.16. The summed E-state index contributed by atoms with van der Waals surface area (Å²) < 4.78 is 39.0. The van der Waals surface area contributed by atoms with Crippen molar-refractivity contribution in [3.63, 3.8) is 0 Å². The number of hydrogen-bond acceptors (Lipinski definition) is 6. The van der Waals surface area contributed by atoms with Crippen molar-refractivity contribution >= 4 is 29.3 Å². The molecule has 0 aliphatic heterocycles. The summed E-state index contributed by atoms with van der Waals surface area (Å²) in [4.78, 5) is 24.8. The van der Waals surface area contributed by atoms with Gasteiger partial charge in [0.15, 0.2) is 17.6 Å². The van der Waals surface area contributed by atoms with E-state index in [9.17, 15) is 18.4 Å². The SMILES string of the molecule is COc1cc(/C=C/C(=O)OC(C)C(=O)NCc2cccs2)ccc1OC(F)F. The van der Waals surface area contributed by atoms with Crippen molar-refractivity contribution in [1.82, 2.24) is 5.32 Å². The quantitative estimate of drug-likeness (QED) is 0.504. The first-order valence-corrected chi connectivity index (χ1v) is 9.08. The lowest BCUT2D eigenvalue weighted by Gasteiger charge is -2.12. The van der Waals surface area contributed by atoms with Crippen LogP contribution in [0.1, 0.15) is 17.4 Å². The first kappa shape index (κ1) is 21.4. The smallest absolute Gasteiger partial charge is 0.387 e. The minimum Gasteiger partial charge on any atom is -0.493 e. The Labute approximate surface area is 164 Å². The van der Waals surface area contributed by atoms with Crippen molar-refractivity contribution < 1.29 is 32.6 Å². The average molecular weight is 411 g/mol. The van der Waals surface area contributed by atoms with Gasteiger partial charge in [0.25, 0.3) is 5.91 Å². The molecule has 0 saturated heterocycles. The van der Waals surface area contributed by atoms with Gasteiger partial charge in [-0.15, -0.1) is 11.3 Å². The molecule has 0 aliphatic carbocycles. The van der Waals surface area contributed by atoms with Crippen molar-refractivity contribution in [3.05, 3.63) is 52.2 Å². The number of halogens is 2. The first-order chi connectivity index (χ1) is 13.4. The Bertz CT molecular complexity index is 824. The lowest BCUT2D eigenvalue weighted by atomic mass is 10.2. The number of alkyl halides is 2. The number of methoxy groups -OCH3 is 1. The standard InChI is InChI=1S/C19H19F2NO5S/c1-12(18(24)22-11-14-4-3-9-28-14)26-17(23)8-6-13-5-7-15(27-19(20)21)16(10-13)25-2/h3-10,12,19H,11H2,1-2H3,(H,22,24)/b8-6+. The van der Waals surface area contributed by atoms with Crippen LogP contribution in [0.2, 0.25) is 0 Å². The van der Waals surface area contributed by atoms with Crippen LogP contribution in [0.4, 0.5) is 8.78 Å². The number of rotatable bonds is 9. The second-order valence-electron chi connectivity index (χ2n) is 5.50. The zero-order valence-electron chi connectivity index (χ0n) is 15.2. The number of thiophene rings is 1. The average Bonchev–Trinajstić information content (AvgIpc) is 3.18. The van der Waals surface area contributed by atoms with Gasteiger partial charge in [-0.05, 0) is 42.1 Å². The zero-order valence-corrected chi connectivity index (χ0v) is 16.0. The highest BCUT2D eigenvalue weighted by atomic mass is 32.1. The normalized spacial score (nSPS) is 12.0. The monoisotopic (exact) mass is 411 g/mol. The van der Waals surface area contributed by atoms with Gasteiger partial charge < -0.3 is 19.5 Å². The number of ether oxygens (including phenoxy) is 3. The van der Waals surface area contributed by atoms with Crippen molar-refractivity contribution in [2.45, 2.75) is 26.2 Å². The van der Waals surface area contributed by atoms with E-state index in [1.54, 1.807) is 0 Å². The number of amides is 1. The van der Waals surface area contributed by atoms with Gasteiger partial charge in [-0.2, -0.15) is 8.78 Å². The Balaban J connectivity index is 1.89. The maximum absolute atomic E-state index is 12.3. The van der Waals surface area contributed by atoms with Crippen LogP contribution in [0.5, 0.6) is 11.5 Å². The van der Waals surface area contributed by atoms with Crippen LogP contribution >= 0.6 is 11.3 Å². The summed E-state index contributed by atoms with van der Waals surface area (Å²) in [5, 5.41) is 4.58. The van der Waals surface area contributed by atoms with E-state index in [-0.39, 0.29) is 11.5 Å². The molecule has 150 valence electrons. The van der Waals surface area contributed by atoms with Crippen LogP contribution < -0.4 is 14.8 Å². The van der Waals surface area contributed by atoms with E-state index in [0.29, 0.717) is 12.1 Å². The van der Waals surface area contributed by atoms with Crippen LogP contribution in [0.25, 0.3) is 6.08 Å². The fourth-order valence-corrected chi connectivity index (χ4v) is 2.79. The predicted octanol–water partition coefficient (Wildman–Crippen LogP) is 3.62. The highest BCUT2D eigenvalue weighted by Crippen LogP contribution is 2.29. The lowest BCUT2D eigenvalue weighted by Crippen LogP contribution is -2.34. The Kier molecular flexibility index (Phi) is 7.94. The zero-order chi connectivity index (χ0) is 20.5. The van der Waals surface area contributed by atoms with E-state index in [2.05, 4.69) is 10.1 Å². The third-order valence-electron chi connectivity index (χ3n) is 3.49. The van der Waals surface area contributed by atoms with Crippen LogP contribution in [0.3, 0.4) is 0 Å². The summed E-state index contributed by atoms with van der Waals surface area (Å²) in [6, 6.07) is 7.97. The molecule has 9 heteroatoms. The fourth-order valence-electron chi connectivity index (χ4n) is 2.14. The molecular formula is C19H19F2NO5S. The Morgan fingerprint density at radius 3 is 2.68 bits per heavy atom. The van der Waals surface area contributed by atoms with Crippen LogP contribution in [-0.4, -0.2) is 31.7 Å². The molecule has 2 rings (SSSR count). The Hall–Kier alpha value is -2.94. The maximum Gasteiger partial charge on any atom is 0.387 e. The number of esters is 1. The van der Waals surface area contributed by atoms with Gasteiger partial charge in [-0.3, -0.25) is 4.79 Å². The third kappa shape index (κ3) is 6.66. The van der Waals surface area contributed by atoms with Crippen LogP contribution in [-0.2, 0) is 20.9 Å². The summed E-state index contributed by atoms with van der Waals surface area (Å²) in [5.41, 5.74) is 0.505. The van der Waals surface area contributed by atoms with E-state index < -0.39 is 24.6 Å². The molecule has 0 saturated carbocycles.